The third-order valence-corrected chi connectivity index (χ3v) is 2.89. The van der Waals surface area contributed by atoms with Gasteiger partial charge >= 0.3 is 0 Å². The minimum atomic E-state index is -0.902. The lowest BCUT2D eigenvalue weighted by Gasteiger charge is -2.12. The van der Waals surface area contributed by atoms with E-state index in [0.717, 1.165) is 11.1 Å². The van der Waals surface area contributed by atoms with Gasteiger partial charge < -0.3 is 15.2 Å². The molecule has 0 fully saturated rings. The van der Waals surface area contributed by atoms with Crippen LogP contribution in [0.1, 0.15) is 17.3 Å². The van der Waals surface area contributed by atoms with Crippen LogP contribution in [0.2, 0.25) is 0 Å². The first-order valence-corrected chi connectivity index (χ1v) is 6.34. The monoisotopic (exact) mass is 271 g/mol. The smallest absolute Gasteiger partial charge is 0.257 e. The Bertz CT molecular complexity index is 594. The second-order valence-corrected chi connectivity index (χ2v) is 4.43. The van der Waals surface area contributed by atoms with Gasteiger partial charge in [-0.3, -0.25) is 4.79 Å². The lowest BCUT2D eigenvalue weighted by molar-refractivity contribution is 0.0816. The molecular weight excluding hydrogens is 254 g/mol. The summed E-state index contributed by atoms with van der Waals surface area (Å²) in [6.07, 6.45) is -0.902. The number of rotatable bonds is 4. The Morgan fingerprint density at radius 1 is 1.15 bits per heavy atom. The highest BCUT2D eigenvalue weighted by molar-refractivity contribution is 5.97. The molecule has 0 radical (unpaired) electrons. The van der Waals surface area contributed by atoms with E-state index in [2.05, 4.69) is 5.32 Å². The third-order valence-electron chi connectivity index (χ3n) is 2.89. The van der Waals surface area contributed by atoms with Gasteiger partial charge in [-0.05, 0) is 30.2 Å². The van der Waals surface area contributed by atoms with E-state index in [1.165, 1.54) is 14.0 Å². The van der Waals surface area contributed by atoms with E-state index in [-0.39, 0.29) is 5.91 Å². The van der Waals surface area contributed by atoms with Gasteiger partial charge in [0, 0.05) is 0 Å². The molecule has 2 aromatic rings. The van der Waals surface area contributed by atoms with Crippen molar-refractivity contribution in [3.63, 3.8) is 0 Å². The second-order valence-electron chi connectivity index (χ2n) is 4.43. The maximum atomic E-state index is 11.9. The molecule has 0 aliphatic rings. The van der Waals surface area contributed by atoms with Crippen molar-refractivity contribution < 1.29 is 14.6 Å². The zero-order valence-electron chi connectivity index (χ0n) is 11.5. The number of carbonyl (C=O) groups is 1. The topological polar surface area (TPSA) is 58.6 Å². The summed E-state index contributed by atoms with van der Waals surface area (Å²) < 4.78 is 5.27. The molecule has 4 heteroatoms. The first kappa shape index (κ1) is 14.1. The molecule has 4 nitrogen and oxygen atoms in total. The van der Waals surface area contributed by atoms with Crippen LogP contribution in [-0.2, 0) is 0 Å². The number of aliphatic hydroxyl groups excluding tert-OH is 1. The average molecular weight is 271 g/mol. The van der Waals surface area contributed by atoms with Crippen LogP contribution >= 0.6 is 0 Å². The summed E-state index contributed by atoms with van der Waals surface area (Å²) in [5.74, 6) is 0.112. The normalized spacial score (nSPS) is 11.8. The highest BCUT2D eigenvalue weighted by Crippen LogP contribution is 2.27. The summed E-state index contributed by atoms with van der Waals surface area (Å²) in [6, 6.07) is 15.2. The van der Waals surface area contributed by atoms with Crippen LogP contribution in [0.25, 0.3) is 11.1 Å². The van der Waals surface area contributed by atoms with Crippen LogP contribution in [0.3, 0.4) is 0 Å². The molecule has 2 aromatic carbocycles. The Morgan fingerprint density at radius 3 is 2.45 bits per heavy atom. The number of ether oxygens (including phenoxy) is 1. The summed E-state index contributed by atoms with van der Waals surface area (Å²) in [4.78, 5) is 11.9. The van der Waals surface area contributed by atoms with Gasteiger partial charge in [0.1, 0.15) is 12.0 Å². The van der Waals surface area contributed by atoms with Crippen molar-refractivity contribution in [3.05, 3.63) is 54.1 Å². The molecule has 1 unspecified atom stereocenters. The van der Waals surface area contributed by atoms with E-state index in [1.54, 1.807) is 6.07 Å². The number of benzene rings is 2. The molecule has 2 rings (SSSR count). The van der Waals surface area contributed by atoms with Gasteiger partial charge in [0.2, 0.25) is 0 Å². The Labute approximate surface area is 118 Å². The number of hydrogen-bond donors (Lipinski definition) is 2. The van der Waals surface area contributed by atoms with Gasteiger partial charge in [-0.2, -0.15) is 0 Å². The molecule has 1 atom stereocenters. The van der Waals surface area contributed by atoms with Crippen LogP contribution < -0.4 is 10.1 Å². The molecule has 20 heavy (non-hydrogen) atoms. The fourth-order valence-corrected chi connectivity index (χ4v) is 1.96. The zero-order valence-corrected chi connectivity index (χ0v) is 11.5. The minimum absolute atomic E-state index is 0.364. The van der Waals surface area contributed by atoms with Crippen molar-refractivity contribution in [2.45, 2.75) is 13.2 Å². The summed E-state index contributed by atoms with van der Waals surface area (Å²) in [7, 11) is 1.52. The summed E-state index contributed by atoms with van der Waals surface area (Å²) in [5, 5.41) is 11.6. The Morgan fingerprint density at radius 2 is 1.85 bits per heavy atom. The standard InChI is InChI=1S/C16H17NO3/c1-11(18)17-16(19)14-9-8-13(10-15(14)20-2)12-6-4-3-5-7-12/h3-11,18H,1-2H3,(H,17,19). The first-order valence-electron chi connectivity index (χ1n) is 6.34. The maximum absolute atomic E-state index is 11.9. The lowest BCUT2D eigenvalue weighted by Crippen LogP contribution is -2.32. The number of methoxy groups -OCH3 is 1. The molecule has 0 saturated carbocycles. The van der Waals surface area contributed by atoms with E-state index in [9.17, 15) is 9.90 Å². The van der Waals surface area contributed by atoms with Crippen LogP contribution in [0.15, 0.2) is 48.5 Å². The van der Waals surface area contributed by atoms with Crippen molar-refractivity contribution in [2.75, 3.05) is 7.11 Å². The number of amides is 1. The molecule has 0 saturated heterocycles. The quantitative estimate of drug-likeness (QED) is 0.840. The number of nitrogens with one attached hydrogen (secondary N) is 1. The SMILES string of the molecule is COc1cc(-c2ccccc2)ccc1C(=O)NC(C)O. The number of aliphatic hydroxyl groups is 1. The van der Waals surface area contributed by atoms with Crippen molar-refractivity contribution in [1.82, 2.24) is 5.32 Å². The van der Waals surface area contributed by atoms with E-state index >= 15 is 0 Å². The average Bonchev–Trinajstić information content (AvgIpc) is 2.46. The molecule has 0 bridgehead atoms. The number of carbonyl (C=O) groups excluding carboxylic acids is 1. The van der Waals surface area contributed by atoms with Crippen LogP contribution in [-0.4, -0.2) is 24.4 Å². The fraction of sp³-hybridized carbons (Fsp3) is 0.188. The van der Waals surface area contributed by atoms with Gasteiger partial charge in [0.05, 0.1) is 12.7 Å². The first-order chi connectivity index (χ1) is 9.61. The predicted octanol–water partition coefficient (Wildman–Crippen LogP) is 2.43. The molecule has 0 aliphatic carbocycles. The summed E-state index contributed by atoms with van der Waals surface area (Å²) in [5.41, 5.74) is 2.41. The molecular formula is C16H17NO3. The largest absolute Gasteiger partial charge is 0.496 e. The Kier molecular flexibility index (Phi) is 4.38. The molecule has 0 aromatic heterocycles. The zero-order chi connectivity index (χ0) is 14.5. The number of hydrogen-bond acceptors (Lipinski definition) is 3. The summed E-state index contributed by atoms with van der Waals surface area (Å²) >= 11 is 0. The maximum Gasteiger partial charge on any atom is 0.257 e. The fourth-order valence-electron chi connectivity index (χ4n) is 1.96. The van der Waals surface area contributed by atoms with Crippen LogP contribution in [0.4, 0.5) is 0 Å². The Balaban J connectivity index is 2.36. The molecule has 0 heterocycles. The van der Waals surface area contributed by atoms with Gasteiger partial charge in [0.15, 0.2) is 0 Å². The third kappa shape index (κ3) is 3.16. The lowest BCUT2D eigenvalue weighted by atomic mass is 10.0. The highest BCUT2D eigenvalue weighted by atomic mass is 16.5. The van der Waals surface area contributed by atoms with Crippen molar-refractivity contribution in [1.29, 1.82) is 0 Å². The predicted molar refractivity (Wildman–Crippen MR) is 77.6 cm³/mol. The molecule has 2 N–H and O–H groups in total. The summed E-state index contributed by atoms with van der Waals surface area (Å²) in [6.45, 7) is 1.49. The van der Waals surface area contributed by atoms with Crippen molar-refractivity contribution >= 4 is 5.91 Å². The van der Waals surface area contributed by atoms with Crippen LogP contribution in [0.5, 0.6) is 5.75 Å². The Hall–Kier alpha value is -2.33. The highest BCUT2D eigenvalue weighted by Gasteiger charge is 2.14. The molecule has 1 amide bonds. The van der Waals surface area contributed by atoms with E-state index in [0.29, 0.717) is 11.3 Å². The van der Waals surface area contributed by atoms with Gasteiger partial charge in [0.25, 0.3) is 5.91 Å². The molecule has 0 aliphatic heterocycles. The van der Waals surface area contributed by atoms with Gasteiger partial charge in [-0.25, -0.2) is 0 Å². The second kappa shape index (κ2) is 6.21. The van der Waals surface area contributed by atoms with E-state index < -0.39 is 6.23 Å². The molecule has 0 spiro atoms. The van der Waals surface area contributed by atoms with Crippen molar-refractivity contribution in [3.8, 4) is 16.9 Å². The van der Waals surface area contributed by atoms with E-state index in [4.69, 9.17) is 4.74 Å². The van der Waals surface area contributed by atoms with Gasteiger partial charge in [-0.15, -0.1) is 0 Å². The van der Waals surface area contributed by atoms with E-state index in [1.807, 2.05) is 42.5 Å². The van der Waals surface area contributed by atoms with Crippen LogP contribution in [0, 0.1) is 0 Å². The van der Waals surface area contributed by atoms with Crippen molar-refractivity contribution in [2.24, 2.45) is 0 Å². The van der Waals surface area contributed by atoms with Gasteiger partial charge in [-0.1, -0.05) is 36.4 Å². The minimum Gasteiger partial charge on any atom is -0.496 e. The molecule has 104 valence electrons.